The standard InChI is InChI=1S/C12H11N5O2S/c1-17-12(14-15-16-17)20-6-10(18)7-2-3-9-8(4-7)5-11(19)13-9/h2-4H,5-6H2,1H3,(H,13,19). The lowest BCUT2D eigenvalue weighted by molar-refractivity contribution is -0.115. The number of hydrogen-bond donors (Lipinski definition) is 1. The molecule has 0 fully saturated rings. The summed E-state index contributed by atoms with van der Waals surface area (Å²) in [5.41, 5.74) is 2.26. The molecule has 1 aromatic heterocycles. The van der Waals surface area contributed by atoms with Crippen LogP contribution in [0.25, 0.3) is 0 Å². The van der Waals surface area contributed by atoms with Gasteiger partial charge in [0.1, 0.15) is 0 Å². The summed E-state index contributed by atoms with van der Waals surface area (Å²) in [7, 11) is 1.72. The molecule has 0 atom stereocenters. The Balaban J connectivity index is 1.70. The van der Waals surface area contributed by atoms with E-state index in [0.717, 1.165) is 11.3 Å². The van der Waals surface area contributed by atoms with Crippen LogP contribution in [0.5, 0.6) is 0 Å². The Bertz CT molecular complexity index is 697. The molecule has 0 bridgehead atoms. The molecular weight excluding hydrogens is 278 g/mol. The van der Waals surface area contributed by atoms with Gasteiger partial charge in [-0.3, -0.25) is 9.59 Å². The molecule has 2 aromatic rings. The van der Waals surface area contributed by atoms with Gasteiger partial charge in [-0.2, -0.15) is 0 Å². The number of benzene rings is 1. The number of rotatable bonds is 4. The molecule has 1 N–H and O–H groups in total. The van der Waals surface area contributed by atoms with Crippen LogP contribution in [0, 0.1) is 0 Å². The Hall–Kier alpha value is -2.22. The van der Waals surface area contributed by atoms with Gasteiger partial charge in [0.05, 0.1) is 12.2 Å². The van der Waals surface area contributed by atoms with Crippen molar-refractivity contribution in [3.63, 3.8) is 0 Å². The zero-order chi connectivity index (χ0) is 14.1. The normalized spacial score (nSPS) is 13.2. The van der Waals surface area contributed by atoms with Crippen LogP contribution in [-0.4, -0.2) is 37.7 Å². The van der Waals surface area contributed by atoms with Crippen molar-refractivity contribution in [2.75, 3.05) is 11.1 Å². The van der Waals surface area contributed by atoms with E-state index in [1.165, 1.54) is 16.4 Å². The summed E-state index contributed by atoms with van der Waals surface area (Å²) in [6.07, 6.45) is 0.330. The van der Waals surface area contributed by atoms with Crippen LogP contribution in [0.1, 0.15) is 15.9 Å². The number of Topliss-reactive ketones (excluding diaryl/α,β-unsaturated/α-hetero) is 1. The molecule has 1 aromatic carbocycles. The molecule has 102 valence electrons. The molecule has 0 saturated carbocycles. The van der Waals surface area contributed by atoms with E-state index in [1.807, 2.05) is 0 Å². The summed E-state index contributed by atoms with van der Waals surface area (Å²) in [5.74, 6) is 0.207. The molecule has 20 heavy (non-hydrogen) atoms. The molecule has 1 aliphatic heterocycles. The van der Waals surface area contributed by atoms with Crippen molar-refractivity contribution in [2.24, 2.45) is 7.05 Å². The Kier molecular flexibility index (Phi) is 3.23. The lowest BCUT2D eigenvalue weighted by Crippen LogP contribution is -2.04. The van der Waals surface area contributed by atoms with Crippen molar-refractivity contribution in [2.45, 2.75) is 11.6 Å². The van der Waals surface area contributed by atoms with E-state index in [9.17, 15) is 9.59 Å². The topological polar surface area (TPSA) is 89.8 Å². The van der Waals surface area contributed by atoms with E-state index >= 15 is 0 Å². The molecule has 1 aliphatic rings. The predicted molar refractivity (Wildman–Crippen MR) is 72.6 cm³/mol. The van der Waals surface area contributed by atoms with Gasteiger partial charge in [0.25, 0.3) is 0 Å². The van der Waals surface area contributed by atoms with Gasteiger partial charge in [-0.25, -0.2) is 4.68 Å². The van der Waals surface area contributed by atoms with E-state index in [2.05, 4.69) is 20.8 Å². The van der Waals surface area contributed by atoms with Crippen molar-refractivity contribution in [1.29, 1.82) is 0 Å². The number of aryl methyl sites for hydroxylation is 1. The van der Waals surface area contributed by atoms with Crippen molar-refractivity contribution in [3.8, 4) is 0 Å². The van der Waals surface area contributed by atoms with Gasteiger partial charge in [-0.1, -0.05) is 11.8 Å². The average Bonchev–Trinajstić information content (AvgIpc) is 2.99. The van der Waals surface area contributed by atoms with E-state index in [1.54, 1.807) is 25.2 Å². The van der Waals surface area contributed by atoms with Gasteiger partial charge in [0, 0.05) is 18.3 Å². The molecule has 8 heteroatoms. The third kappa shape index (κ3) is 2.42. The second kappa shape index (κ2) is 5.04. The van der Waals surface area contributed by atoms with Gasteiger partial charge in [0.15, 0.2) is 5.78 Å². The fourth-order valence-electron chi connectivity index (χ4n) is 1.96. The summed E-state index contributed by atoms with van der Waals surface area (Å²) in [4.78, 5) is 23.4. The van der Waals surface area contributed by atoms with E-state index in [-0.39, 0.29) is 17.4 Å². The minimum atomic E-state index is -0.0378. The highest BCUT2D eigenvalue weighted by atomic mass is 32.2. The molecule has 2 heterocycles. The van der Waals surface area contributed by atoms with Crippen LogP contribution in [0.4, 0.5) is 5.69 Å². The van der Waals surface area contributed by atoms with E-state index < -0.39 is 0 Å². The summed E-state index contributed by atoms with van der Waals surface area (Å²) >= 11 is 1.29. The number of nitrogens with one attached hydrogen (secondary N) is 1. The number of fused-ring (bicyclic) bond motifs is 1. The number of hydrogen-bond acceptors (Lipinski definition) is 6. The Morgan fingerprint density at radius 3 is 3.10 bits per heavy atom. The predicted octanol–water partition coefficient (Wildman–Crippen LogP) is 0.680. The van der Waals surface area contributed by atoms with Crippen LogP contribution in [0.2, 0.25) is 0 Å². The number of amides is 1. The molecule has 0 aliphatic carbocycles. The van der Waals surface area contributed by atoms with Crippen molar-refractivity contribution in [1.82, 2.24) is 20.2 Å². The number of anilines is 1. The van der Waals surface area contributed by atoms with E-state index in [0.29, 0.717) is 17.1 Å². The maximum Gasteiger partial charge on any atom is 0.228 e. The third-order valence-corrected chi connectivity index (χ3v) is 3.98. The average molecular weight is 289 g/mol. The van der Waals surface area contributed by atoms with Crippen LogP contribution in [-0.2, 0) is 18.3 Å². The molecule has 1 amide bonds. The fraction of sp³-hybridized carbons (Fsp3) is 0.250. The van der Waals surface area contributed by atoms with Crippen molar-refractivity contribution in [3.05, 3.63) is 29.3 Å². The lowest BCUT2D eigenvalue weighted by Gasteiger charge is -2.03. The molecule has 3 rings (SSSR count). The molecule has 0 radical (unpaired) electrons. The number of tetrazole rings is 1. The summed E-state index contributed by atoms with van der Waals surface area (Å²) in [5, 5.41) is 14.4. The third-order valence-electron chi connectivity index (χ3n) is 2.97. The quantitative estimate of drug-likeness (QED) is 0.657. The zero-order valence-electron chi connectivity index (χ0n) is 10.7. The zero-order valence-corrected chi connectivity index (χ0v) is 11.5. The number of nitrogens with zero attached hydrogens (tertiary/aromatic N) is 4. The first-order valence-electron chi connectivity index (χ1n) is 5.94. The number of aromatic nitrogens is 4. The number of thioether (sulfide) groups is 1. The highest BCUT2D eigenvalue weighted by Crippen LogP contribution is 2.25. The smallest absolute Gasteiger partial charge is 0.228 e. The first kappa shape index (κ1) is 12.8. The maximum absolute atomic E-state index is 12.1. The monoisotopic (exact) mass is 289 g/mol. The molecular formula is C12H11N5O2S. The van der Waals surface area contributed by atoms with Crippen LogP contribution in [0.3, 0.4) is 0 Å². The lowest BCUT2D eigenvalue weighted by atomic mass is 10.1. The van der Waals surface area contributed by atoms with Gasteiger partial charge < -0.3 is 5.32 Å². The first-order valence-corrected chi connectivity index (χ1v) is 6.93. The second-order valence-electron chi connectivity index (χ2n) is 4.39. The van der Waals surface area contributed by atoms with Gasteiger partial charge >= 0.3 is 0 Å². The van der Waals surface area contributed by atoms with Crippen molar-refractivity contribution < 1.29 is 9.59 Å². The second-order valence-corrected chi connectivity index (χ2v) is 5.34. The summed E-state index contributed by atoms with van der Waals surface area (Å²) < 4.78 is 1.52. The minimum absolute atomic E-state index is 0.0138. The summed E-state index contributed by atoms with van der Waals surface area (Å²) in [6, 6.07) is 5.26. The highest BCUT2D eigenvalue weighted by molar-refractivity contribution is 7.99. The van der Waals surface area contributed by atoms with Gasteiger partial charge in [-0.05, 0) is 34.2 Å². The number of carbonyl (C=O) groups is 2. The molecule has 7 nitrogen and oxygen atoms in total. The van der Waals surface area contributed by atoms with Crippen LogP contribution >= 0.6 is 11.8 Å². The molecule has 0 spiro atoms. The summed E-state index contributed by atoms with van der Waals surface area (Å²) in [6.45, 7) is 0. The van der Waals surface area contributed by atoms with Gasteiger partial charge in [-0.15, -0.1) is 5.10 Å². The number of ketones is 1. The van der Waals surface area contributed by atoms with Crippen LogP contribution in [0.15, 0.2) is 23.4 Å². The Morgan fingerprint density at radius 2 is 2.35 bits per heavy atom. The minimum Gasteiger partial charge on any atom is -0.326 e. The number of carbonyl (C=O) groups excluding carboxylic acids is 2. The van der Waals surface area contributed by atoms with Gasteiger partial charge in [0.2, 0.25) is 11.1 Å². The fourth-order valence-corrected chi connectivity index (χ4v) is 2.70. The van der Waals surface area contributed by atoms with Crippen LogP contribution < -0.4 is 5.32 Å². The molecule has 0 saturated heterocycles. The first-order chi connectivity index (χ1) is 9.63. The molecule has 0 unspecified atom stereocenters. The largest absolute Gasteiger partial charge is 0.326 e. The Labute approximate surface area is 118 Å². The van der Waals surface area contributed by atoms with E-state index in [4.69, 9.17) is 0 Å². The maximum atomic E-state index is 12.1. The van der Waals surface area contributed by atoms with Crippen molar-refractivity contribution >= 4 is 29.1 Å². The SMILES string of the molecule is Cn1nnnc1SCC(=O)c1ccc2c(c1)CC(=O)N2. The Morgan fingerprint density at radius 1 is 1.50 bits per heavy atom. The highest BCUT2D eigenvalue weighted by Gasteiger charge is 2.19.